The number of rotatable bonds is 6. The lowest BCUT2D eigenvalue weighted by atomic mass is 10.2. The molecule has 1 aromatic heterocycles. The fourth-order valence-corrected chi connectivity index (χ4v) is 2.70. The minimum absolute atomic E-state index is 0.0340. The first-order valence-electron chi connectivity index (χ1n) is 6.91. The summed E-state index contributed by atoms with van der Waals surface area (Å²) in [4.78, 5) is 34.2. The lowest BCUT2D eigenvalue weighted by Crippen LogP contribution is -2.29. The largest absolute Gasteiger partial charge is 0.495 e. The van der Waals surface area contributed by atoms with E-state index in [1.54, 1.807) is 12.1 Å². The van der Waals surface area contributed by atoms with Crippen molar-refractivity contribution < 1.29 is 24.0 Å². The van der Waals surface area contributed by atoms with Crippen LogP contribution in [0.5, 0.6) is 5.75 Å². The van der Waals surface area contributed by atoms with Crippen LogP contribution in [0, 0.1) is 10.1 Å². The van der Waals surface area contributed by atoms with E-state index in [9.17, 15) is 19.7 Å². The number of carbonyl (C=O) groups is 2. The number of carbonyl (C=O) groups excluding carboxylic acids is 2. The van der Waals surface area contributed by atoms with E-state index in [2.05, 4.69) is 5.32 Å². The summed E-state index contributed by atoms with van der Waals surface area (Å²) >= 11 is 6.56. The second-order valence-corrected chi connectivity index (χ2v) is 6.28. The zero-order valence-electron chi connectivity index (χ0n) is 13.1. The van der Waals surface area contributed by atoms with Gasteiger partial charge in [-0.25, -0.2) is 4.79 Å². The van der Waals surface area contributed by atoms with Crippen LogP contribution in [-0.2, 0) is 9.53 Å². The fourth-order valence-electron chi connectivity index (χ4n) is 1.82. The molecule has 0 aliphatic rings. The van der Waals surface area contributed by atoms with Crippen molar-refractivity contribution in [2.75, 3.05) is 12.4 Å². The molecule has 2 rings (SSSR count). The molecule has 0 radical (unpaired) electrons. The van der Waals surface area contributed by atoms with Gasteiger partial charge in [0.25, 0.3) is 5.91 Å². The molecule has 0 aliphatic heterocycles. The third-order valence-corrected chi connectivity index (χ3v) is 4.30. The van der Waals surface area contributed by atoms with Crippen molar-refractivity contribution in [2.45, 2.75) is 13.0 Å². The van der Waals surface area contributed by atoms with E-state index in [4.69, 9.17) is 21.1 Å². The Morgan fingerprint density at radius 2 is 2.04 bits per heavy atom. The Bertz CT molecular complexity index is 822. The quantitative estimate of drug-likeness (QED) is 0.464. The summed E-state index contributed by atoms with van der Waals surface area (Å²) < 4.78 is 10.1. The van der Waals surface area contributed by atoms with Crippen LogP contribution in [0.1, 0.15) is 16.6 Å². The highest BCUT2D eigenvalue weighted by Gasteiger charge is 2.23. The Hall–Kier alpha value is -2.65. The number of nitrogens with zero attached hydrogens (tertiary/aromatic N) is 1. The van der Waals surface area contributed by atoms with Gasteiger partial charge in [-0.05, 0) is 31.2 Å². The van der Waals surface area contributed by atoms with Crippen molar-refractivity contribution in [1.29, 1.82) is 0 Å². The predicted molar refractivity (Wildman–Crippen MR) is 92.5 cm³/mol. The van der Waals surface area contributed by atoms with Gasteiger partial charge >= 0.3 is 11.0 Å². The van der Waals surface area contributed by atoms with E-state index < -0.39 is 22.9 Å². The van der Waals surface area contributed by atoms with Crippen molar-refractivity contribution in [3.63, 3.8) is 0 Å². The Balaban J connectivity index is 2.03. The molecule has 1 amide bonds. The number of hydrogen-bond acceptors (Lipinski definition) is 7. The topological polar surface area (TPSA) is 108 Å². The third kappa shape index (κ3) is 4.68. The summed E-state index contributed by atoms with van der Waals surface area (Å²) in [5.41, 5.74) is 0.328. The summed E-state index contributed by atoms with van der Waals surface area (Å²) in [6.07, 6.45) is -1.13. The van der Waals surface area contributed by atoms with Gasteiger partial charge in [0.2, 0.25) is 0 Å². The lowest BCUT2D eigenvalue weighted by molar-refractivity contribution is -0.380. The monoisotopic (exact) mass is 384 g/mol. The molecule has 0 aliphatic carbocycles. The first-order chi connectivity index (χ1) is 11.8. The predicted octanol–water partition coefficient (Wildman–Crippen LogP) is 3.50. The van der Waals surface area contributed by atoms with E-state index in [1.165, 1.54) is 32.2 Å². The van der Waals surface area contributed by atoms with Crippen LogP contribution in [0.3, 0.4) is 0 Å². The zero-order valence-corrected chi connectivity index (χ0v) is 14.7. The molecule has 0 unspecified atom stereocenters. The minimum atomic E-state index is -1.13. The molecule has 1 atom stereocenters. The smallest absolute Gasteiger partial charge is 0.349 e. The summed E-state index contributed by atoms with van der Waals surface area (Å²) in [5.74, 6) is -1.02. The second kappa shape index (κ2) is 7.95. The number of methoxy groups -OCH3 is 1. The van der Waals surface area contributed by atoms with Gasteiger partial charge in [0.15, 0.2) is 6.10 Å². The van der Waals surface area contributed by atoms with Gasteiger partial charge in [0, 0.05) is 11.1 Å². The SMILES string of the molecule is COc1ccc(Cl)cc1NC(=O)[C@H](C)OC(=O)c1ccc([N+](=O)[O-])s1. The number of ether oxygens (including phenoxy) is 2. The fraction of sp³-hybridized carbons (Fsp3) is 0.200. The van der Waals surface area contributed by atoms with Crippen molar-refractivity contribution >= 4 is 45.5 Å². The minimum Gasteiger partial charge on any atom is -0.495 e. The lowest BCUT2D eigenvalue weighted by Gasteiger charge is -2.15. The standard InChI is InChI=1S/C15H13ClN2O6S/c1-8(24-15(20)12-5-6-13(25-12)18(21)22)14(19)17-10-7-9(16)3-4-11(10)23-2/h3-8H,1-2H3,(H,17,19)/t8-/m0/s1. The maximum atomic E-state index is 12.2. The second-order valence-electron chi connectivity index (χ2n) is 4.78. The molecule has 25 heavy (non-hydrogen) atoms. The summed E-state index contributed by atoms with van der Waals surface area (Å²) in [5, 5.41) is 13.4. The maximum Gasteiger partial charge on any atom is 0.349 e. The average Bonchev–Trinajstić information content (AvgIpc) is 3.05. The highest BCUT2D eigenvalue weighted by Crippen LogP contribution is 2.28. The van der Waals surface area contributed by atoms with Crippen LogP contribution in [-0.4, -0.2) is 30.0 Å². The van der Waals surface area contributed by atoms with Crippen LogP contribution in [0.25, 0.3) is 0 Å². The third-order valence-electron chi connectivity index (χ3n) is 3.05. The molecule has 1 aromatic carbocycles. The zero-order chi connectivity index (χ0) is 18.6. The van der Waals surface area contributed by atoms with Gasteiger partial charge in [-0.15, -0.1) is 0 Å². The number of halogens is 1. The van der Waals surface area contributed by atoms with Gasteiger partial charge in [-0.2, -0.15) is 0 Å². The number of esters is 1. The van der Waals surface area contributed by atoms with Crippen molar-refractivity contribution in [3.8, 4) is 5.75 Å². The van der Waals surface area contributed by atoms with Gasteiger partial charge in [0.1, 0.15) is 10.6 Å². The average molecular weight is 385 g/mol. The van der Waals surface area contributed by atoms with Crippen molar-refractivity contribution in [2.24, 2.45) is 0 Å². The molecular weight excluding hydrogens is 372 g/mol. The molecule has 132 valence electrons. The number of amides is 1. The van der Waals surface area contributed by atoms with Crippen molar-refractivity contribution in [1.82, 2.24) is 0 Å². The van der Waals surface area contributed by atoms with Gasteiger partial charge < -0.3 is 14.8 Å². The summed E-state index contributed by atoms with van der Waals surface area (Å²) in [6, 6.07) is 7.15. The number of benzene rings is 1. The van der Waals surface area contributed by atoms with E-state index in [0.29, 0.717) is 27.8 Å². The van der Waals surface area contributed by atoms with Gasteiger partial charge in [-0.3, -0.25) is 14.9 Å². The maximum absolute atomic E-state index is 12.2. The van der Waals surface area contributed by atoms with Crippen LogP contribution in [0.15, 0.2) is 30.3 Å². The van der Waals surface area contributed by atoms with Crippen LogP contribution in [0.2, 0.25) is 5.02 Å². The van der Waals surface area contributed by atoms with Crippen LogP contribution >= 0.6 is 22.9 Å². The molecule has 0 saturated carbocycles. The number of nitrogens with one attached hydrogen (secondary N) is 1. The summed E-state index contributed by atoms with van der Waals surface area (Å²) in [7, 11) is 1.44. The van der Waals surface area contributed by atoms with E-state index in [0.717, 1.165) is 0 Å². The van der Waals surface area contributed by atoms with Crippen LogP contribution < -0.4 is 10.1 Å². The molecule has 0 fully saturated rings. The molecule has 0 bridgehead atoms. The molecule has 1 heterocycles. The Morgan fingerprint density at radius 1 is 1.32 bits per heavy atom. The molecule has 1 N–H and O–H groups in total. The van der Waals surface area contributed by atoms with Gasteiger partial charge in [0.05, 0.1) is 17.7 Å². The molecular formula is C15H13ClN2O6S. The summed E-state index contributed by atoms with van der Waals surface area (Å²) in [6.45, 7) is 1.38. The van der Waals surface area contributed by atoms with Crippen LogP contribution in [0.4, 0.5) is 10.7 Å². The molecule has 2 aromatic rings. The van der Waals surface area contributed by atoms with E-state index in [-0.39, 0.29) is 9.88 Å². The highest BCUT2D eigenvalue weighted by molar-refractivity contribution is 7.17. The number of hydrogen-bond donors (Lipinski definition) is 1. The molecule has 10 heteroatoms. The highest BCUT2D eigenvalue weighted by atomic mass is 35.5. The normalized spacial score (nSPS) is 11.5. The van der Waals surface area contributed by atoms with E-state index in [1.807, 2.05) is 0 Å². The first kappa shape index (κ1) is 18.7. The molecule has 0 spiro atoms. The molecule has 0 saturated heterocycles. The Morgan fingerprint density at radius 3 is 2.64 bits per heavy atom. The van der Waals surface area contributed by atoms with Crippen molar-refractivity contribution in [3.05, 3.63) is 50.3 Å². The van der Waals surface area contributed by atoms with E-state index >= 15 is 0 Å². The number of nitro groups is 1. The Kier molecular flexibility index (Phi) is 5.94. The van der Waals surface area contributed by atoms with Gasteiger partial charge in [-0.1, -0.05) is 22.9 Å². The number of thiophene rings is 1. The molecule has 8 nitrogen and oxygen atoms in total. The Labute approximate surface area is 151 Å². The number of anilines is 1. The first-order valence-corrected chi connectivity index (χ1v) is 8.11.